The first-order chi connectivity index (χ1) is 10.6. The largest absolute Gasteiger partial charge is 0.342 e. The summed E-state index contributed by atoms with van der Waals surface area (Å²) in [5.74, 6) is 0.830. The van der Waals surface area contributed by atoms with Gasteiger partial charge < -0.3 is 9.88 Å². The van der Waals surface area contributed by atoms with Crippen LogP contribution in [0.2, 0.25) is 0 Å². The highest BCUT2D eigenvalue weighted by Gasteiger charge is 2.19. The minimum absolute atomic E-state index is 0.0153. The number of pyridine rings is 1. The monoisotopic (exact) mass is 294 g/mol. The van der Waals surface area contributed by atoms with E-state index in [9.17, 15) is 4.79 Å². The molecule has 0 spiro atoms. The number of aryl methyl sites for hydroxylation is 1. The van der Waals surface area contributed by atoms with Crippen LogP contribution in [0.4, 0.5) is 0 Å². The third-order valence-electron chi connectivity index (χ3n) is 3.94. The van der Waals surface area contributed by atoms with Crippen molar-refractivity contribution in [3.05, 3.63) is 59.7 Å². The van der Waals surface area contributed by atoms with Crippen molar-refractivity contribution in [1.82, 2.24) is 19.9 Å². The van der Waals surface area contributed by atoms with Crippen LogP contribution >= 0.6 is 0 Å². The normalized spacial score (nSPS) is 12.3. The zero-order chi connectivity index (χ0) is 15.7. The zero-order valence-electron chi connectivity index (χ0n) is 12.9. The van der Waals surface area contributed by atoms with E-state index in [4.69, 9.17) is 0 Å². The molecule has 112 valence electrons. The molecule has 1 amide bonds. The van der Waals surface area contributed by atoms with Gasteiger partial charge in [-0.2, -0.15) is 0 Å². The van der Waals surface area contributed by atoms with Gasteiger partial charge in [0.05, 0.1) is 17.1 Å². The molecule has 1 unspecified atom stereocenters. The average Bonchev–Trinajstić information content (AvgIpc) is 2.92. The Morgan fingerprint density at radius 2 is 1.95 bits per heavy atom. The van der Waals surface area contributed by atoms with Crippen molar-refractivity contribution in [1.29, 1.82) is 0 Å². The predicted octanol–water partition coefficient (Wildman–Crippen LogP) is 3.10. The minimum Gasteiger partial charge on any atom is -0.342 e. The van der Waals surface area contributed by atoms with Gasteiger partial charge in [0.2, 0.25) is 0 Å². The molecule has 0 saturated heterocycles. The van der Waals surface area contributed by atoms with E-state index in [2.05, 4.69) is 15.0 Å². The first-order valence-corrected chi connectivity index (χ1v) is 7.19. The van der Waals surface area contributed by atoms with Crippen LogP contribution in [0.25, 0.3) is 11.0 Å². The first-order valence-electron chi connectivity index (χ1n) is 7.19. The van der Waals surface area contributed by atoms with Crippen molar-refractivity contribution in [2.45, 2.75) is 19.9 Å². The summed E-state index contributed by atoms with van der Waals surface area (Å²) in [6.45, 7) is 3.91. The summed E-state index contributed by atoms with van der Waals surface area (Å²) in [5.41, 5.74) is 3.47. The number of benzene rings is 1. The number of amides is 1. The van der Waals surface area contributed by atoms with Crippen LogP contribution in [0.5, 0.6) is 0 Å². The molecule has 1 atom stereocenters. The van der Waals surface area contributed by atoms with Gasteiger partial charge in [-0.3, -0.25) is 9.78 Å². The van der Waals surface area contributed by atoms with Gasteiger partial charge in [-0.25, -0.2) is 4.98 Å². The molecule has 0 aliphatic carbocycles. The van der Waals surface area contributed by atoms with Crippen LogP contribution in [0.1, 0.15) is 34.7 Å². The third-order valence-corrected chi connectivity index (χ3v) is 3.94. The number of H-pyrrole nitrogens is 1. The lowest BCUT2D eigenvalue weighted by Gasteiger charge is -2.25. The maximum absolute atomic E-state index is 12.7. The molecule has 5 nitrogen and oxygen atoms in total. The van der Waals surface area contributed by atoms with Crippen molar-refractivity contribution >= 4 is 16.9 Å². The predicted molar refractivity (Wildman–Crippen MR) is 85.6 cm³/mol. The second kappa shape index (κ2) is 5.60. The Labute approximate surface area is 129 Å². The SMILES string of the molecule is Cc1nc2ccc(C(=O)N(C)C(C)c3ccncc3)cc2[nH]1. The van der Waals surface area contributed by atoms with Gasteiger partial charge in [0.1, 0.15) is 5.82 Å². The molecule has 0 aliphatic heterocycles. The van der Waals surface area contributed by atoms with Crippen LogP contribution in [0.3, 0.4) is 0 Å². The molecule has 22 heavy (non-hydrogen) atoms. The number of carbonyl (C=O) groups excluding carboxylic acids is 1. The quantitative estimate of drug-likeness (QED) is 0.807. The van der Waals surface area contributed by atoms with Gasteiger partial charge >= 0.3 is 0 Å². The van der Waals surface area contributed by atoms with E-state index in [-0.39, 0.29) is 11.9 Å². The van der Waals surface area contributed by atoms with Gasteiger partial charge in [-0.15, -0.1) is 0 Å². The highest BCUT2D eigenvalue weighted by Crippen LogP contribution is 2.21. The number of hydrogen-bond donors (Lipinski definition) is 1. The second-order valence-electron chi connectivity index (χ2n) is 5.43. The number of rotatable bonds is 3. The number of fused-ring (bicyclic) bond motifs is 1. The summed E-state index contributed by atoms with van der Waals surface area (Å²) in [4.78, 5) is 26.0. The topological polar surface area (TPSA) is 61.9 Å². The van der Waals surface area contributed by atoms with Crippen LogP contribution in [-0.4, -0.2) is 32.8 Å². The Morgan fingerprint density at radius 3 is 2.68 bits per heavy atom. The maximum Gasteiger partial charge on any atom is 0.254 e. The molecule has 0 radical (unpaired) electrons. The molecule has 1 N–H and O–H groups in total. The highest BCUT2D eigenvalue weighted by molar-refractivity contribution is 5.97. The lowest BCUT2D eigenvalue weighted by atomic mass is 10.1. The second-order valence-corrected chi connectivity index (χ2v) is 5.43. The summed E-state index contributed by atoms with van der Waals surface area (Å²) >= 11 is 0. The molecule has 0 fully saturated rings. The maximum atomic E-state index is 12.7. The van der Waals surface area contributed by atoms with E-state index in [0.717, 1.165) is 22.4 Å². The lowest BCUT2D eigenvalue weighted by Crippen LogP contribution is -2.29. The molecular weight excluding hydrogens is 276 g/mol. The van der Waals surface area contributed by atoms with E-state index in [1.165, 1.54) is 0 Å². The molecule has 2 aromatic heterocycles. The molecular formula is C17H18N4O. The van der Waals surface area contributed by atoms with E-state index in [0.29, 0.717) is 5.56 Å². The number of nitrogens with zero attached hydrogens (tertiary/aromatic N) is 3. The lowest BCUT2D eigenvalue weighted by molar-refractivity contribution is 0.0742. The summed E-state index contributed by atoms with van der Waals surface area (Å²) in [5, 5.41) is 0. The smallest absolute Gasteiger partial charge is 0.254 e. The summed E-state index contributed by atoms with van der Waals surface area (Å²) in [6, 6.07) is 9.38. The van der Waals surface area contributed by atoms with E-state index < -0.39 is 0 Å². The Kier molecular flexibility index (Phi) is 3.63. The van der Waals surface area contributed by atoms with Crippen LogP contribution in [-0.2, 0) is 0 Å². The number of imidazole rings is 1. The number of aromatic nitrogens is 3. The summed E-state index contributed by atoms with van der Waals surface area (Å²) in [7, 11) is 1.82. The van der Waals surface area contributed by atoms with Gasteiger partial charge in [-0.1, -0.05) is 0 Å². The Hall–Kier alpha value is -2.69. The average molecular weight is 294 g/mol. The fourth-order valence-electron chi connectivity index (χ4n) is 2.52. The molecule has 3 aromatic rings. The molecule has 0 bridgehead atoms. The van der Waals surface area contributed by atoms with Crippen molar-refractivity contribution in [3.63, 3.8) is 0 Å². The standard InChI is InChI=1S/C17H18N4O/c1-11(13-6-8-18-9-7-13)21(3)17(22)14-4-5-15-16(10-14)20-12(2)19-15/h4-11H,1-3H3,(H,19,20). The van der Waals surface area contributed by atoms with Crippen molar-refractivity contribution in [2.75, 3.05) is 7.05 Å². The zero-order valence-corrected chi connectivity index (χ0v) is 12.9. The molecule has 0 saturated carbocycles. The number of carbonyl (C=O) groups is 1. The third kappa shape index (κ3) is 2.57. The van der Waals surface area contributed by atoms with Gasteiger partial charge in [0.15, 0.2) is 0 Å². The van der Waals surface area contributed by atoms with Gasteiger partial charge in [0, 0.05) is 25.0 Å². The summed E-state index contributed by atoms with van der Waals surface area (Å²) in [6.07, 6.45) is 3.48. The van der Waals surface area contributed by atoms with Crippen LogP contribution in [0.15, 0.2) is 42.7 Å². The molecule has 5 heteroatoms. The van der Waals surface area contributed by atoms with Crippen molar-refractivity contribution in [2.24, 2.45) is 0 Å². The Balaban J connectivity index is 1.87. The van der Waals surface area contributed by atoms with Gasteiger partial charge in [-0.05, 0) is 49.7 Å². The molecule has 0 aliphatic rings. The highest BCUT2D eigenvalue weighted by atomic mass is 16.2. The fraction of sp³-hybridized carbons (Fsp3) is 0.235. The minimum atomic E-state index is -0.0188. The van der Waals surface area contributed by atoms with E-state index in [1.54, 1.807) is 17.3 Å². The van der Waals surface area contributed by atoms with Gasteiger partial charge in [0.25, 0.3) is 5.91 Å². The van der Waals surface area contributed by atoms with E-state index >= 15 is 0 Å². The van der Waals surface area contributed by atoms with Crippen LogP contribution in [0, 0.1) is 6.92 Å². The number of hydrogen-bond acceptors (Lipinski definition) is 3. The number of aromatic amines is 1. The summed E-state index contributed by atoms with van der Waals surface area (Å²) < 4.78 is 0. The fourth-order valence-corrected chi connectivity index (χ4v) is 2.52. The first kappa shape index (κ1) is 14.3. The Bertz CT molecular complexity index is 810. The number of nitrogens with one attached hydrogen (secondary N) is 1. The molecule has 1 aromatic carbocycles. The molecule has 3 rings (SSSR count). The van der Waals surface area contributed by atoms with Crippen LogP contribution < -0.4 is 0 Å². The molecule has 2 heterocycles. The van der Waals surface area contributed by atoms with Crippen molar-refractivity contribution < 1.29 is 4.79 Å². The van der Waals surface area contributed by atoms with Crippen molar-refractivity contribution in [3.8, 4) is 0 Å². The Morgan fingerprint density at radius 1 is 1.23 bits per heavy atom. The van der Waals surface area contributed by atoms with E-state index in [1.807, 2.05) is 51.2 Å².